The van der Waals surface area contributed by atoms with Crippen molar-refractivity contribution in [3.05, 3.63) is 17.0 Å². The fourth-order valence-corrected chi connectivity index (χ4v) is 5.47. The van der Waals surface area contributed by atoms with Crippen LogP contribution >= 0.6 is 0 Å². The zero-order valence-corrected chi connectivity index (χ0v) is 16.6. The van der Waals surface area contributed by atoms with Crippen LogP contribution in [-0.4, -0.2) is 22.0 Å². The summed E-state index contributed by atoms with van der Waals surface area (Å²) in [4.78, 5) is 23.7. The minimum absolute atomic E-state index is 0.0793. The van der Waals surface area contributed by atoms with E-state index in [9.17, 15) is 14.7 Å². The topological polar surface area (TPSA) is 80.4 Å². The maximum atomic E-state index is 12.2. The number of nitrogens with zero attached hydrogens (tertiary/aromatic N) is 1. The van der Waals surface area contributed by atoms with Gasteiger partial charge in [0.25, 0.3) is 0 Å². The van der Waals surface area contributed by atoms with Crippen molar-refractivity contribution in [1.82, 2.24) is 5.16 Å². The Labute approximate surface area is 160 Å². The highest BCUT2D eigenvalue weighted by Gasteiger charge is 2.47. The normalized spacial score (nSPS) is 33.3. The SMILES string of the molecule is CC(=O)[C@H]1C[C@@H](C(=O)O)C[C@@H]1c1noc([C@H]2C[C@@H](CC(C)C)C2)c1C1CC1. The molecule has 0 radical (unpaired) electrons. The van der Waals surface area contributed by atoms with Crippen LogP contribution in [0.15, 0.2) is 4.52 Å². The number of Topliss-reactive ketones (excluding diaryl/α,β-unsaturated/α-hetero) is 1. The molecule has 1 aromatic heterocycles. The average Bonchev–Trinajstić information content (AvgIpc) is 3.14. The van der Waals surface area contributed by atoms with E-state index in [0.717, 1.165) is 36.1 Å². The van der Waals surface area contributed by atoms with Crippen molar-refractivity contribution in [3.63, 3.8) is 0 Å². The fraction of sp³-hybridized carbons (Fsp3) is 0.773. The van der Waals surface area contributed by atoms with Gasteiger partial charge in [0.05, 0.1) is 11.6 Å². The number of carboxylic acids is 1. The minimum Gasteiger partial charge on any atom is -0.481 e. The van der Waals surface area contributed by atoms with Gasteiger partial charge in [-0.15, -0.1) is 0 Å². The molecule has 4 rings (SSSR count). The molecular formula is C22H31NO4. The van der Waals surface area contributed by atoms with Crippen molar-refractivity contribution in [3.8, 4) is 0 Å². The first kappa shape index (κ1) is 18.7. The minimum atomic E-state index is -0.795. The van der Waals surface area contributed by atoms with E-state index in [4.69, 9.17) is 4.52 Å². The second-order valence-corrected chi connectivity index (χ2v) is 9.61. The zero-order chi connectivity index (χ0) is 19.3. The van der Waals surface area contributed by atoms with Gasteiger partial charge in [0.1, 0.15) is 11.5 Å². The maximum absolute atomic E-state index is 12.2. The zero-order valence-electron chi connectivity index (χ0n) is 16.6. The smallest absolute Gasteiger partial charge is 0.306 e. The van der Waals surface area contributed by atoms with E-state index in [0.29, 0.717) is 24.7 Å². The summed E-state index contributed by atoms with van der Waals surface area (Å²) in [5.41, 5.74) is 2.15. The highest BCUT2D eigenvalue weighted by molar-refractivity contribution is 5.82. The number of carbonyl (C=O) groups excluding carboxylic acids is 1. The number of rotatable bonds is 7. The maximum Gasteiger partial charge on any atom is 0.306 e. The number of hydrogen-bond donors (Lipinski definition) is 1. The van der Waals surface area contributed by atoms with Crippen LogP contribution in [0, 0.1) is 23.7 Å². The van der Waals surface area contributed by atoms with Crippen molar-refractivity contribution in [1.29, 1.82) is 0 Å². The lowest BCUT2D eigenvalue weighted by Crippen LogP contribution is -2.24. The Morgan fingerprint density at radius 2 is 1.85 bits per heavy atom. The molecule has 5 heteroatoms. The molecule has 3 fully saturated rings. The lowest BCUT2D eigenvalue weighted by atomic mass is 9.69. The highest BCUT2D eigenvalue weighted by atomic mass is 16.5. The lowest BCUT2D eigenvalue weighted by molar-refractivity contribution is -0.141. The van der Waals surface area contributed by atoms with Gasteiger partial charge in [-0.25, -0.2) is 0 Å². The van der Waals surface area contributed by atoms with Gasteiger partial charge in [0.15, 0.2) is 0 Å². The van der Waals surface area contributed by atoms with Crippen LogP contribution in [-0.2, 0) is 9.59 Å². The largest absolute Gasteiger partial charge is 0.481 e. The Balaban J connectivity index is 1.58. The van der Waals surface area contributed by atoms with Crippen molar-refractivity contribution in [2.75, 3.05) is 0 Å². The first-order valence-electron chi connectivity index (χ1n) is 10.6. The molecule has 5 nitrogen and oxygen atoms in total. The molecule has 3 aliphatic rings. The molecular weight excluding hydrogens is 342 g/mol. The van der Waals surface area contributed by atoms with E-state index in [-0.39, 0.29) is 17.6 Å². The third kappa shape index (κ3) is 3.57. The summed E-state index contributed by atoms with van der Waals surface area (Å²) >= 11 is 0. The van der Waals surface area contributed by atoms with E-state index in [1.807, 2.05) is 0 Å². The molecule has 0 amide bonds. The molecule has 1 N–H and O–H groups in total. The quantitative estimate of drug-likeness (QED) is 0.737. The molecule has 0 spiro atoms. The standard InChI is InChI=1S/C22H31NO4/c1-11(2)6-13-7-15(8-13)21-19(14-4-5-14)20(23-27-21)18-10-16(22(25)26)9-17(18)12(3)24/h11,13-18H,4-10H2,1-3H3,(H,25,26)/t13-,15+,16-,17-,18+/m1/s1. The van der Waals surface area contributed by atoms with E-state index in [1.165, 1.54) is 24.8 Å². The molecule has 1 heterocycles. The number of aromatic nitrogens is 1. The molecule has 148 valence electrons. The Morgan fingerprint density at radius 3 is 2.41 bits per heavy atom. The summed E-state index contributed by atoms with van der Waals surface area (Å²) in [5, 5.41) is 13.9. The number of hydrogen-bond acceptors (Lipinski definition) is 4. The Morgan fingerprint density at radius 1 is 1.15 bits per heavy atom. The van der Waals surface area contributed by atoms with Gasteiger partial charge in [0, 0.05) is 23.3 Å². The van der Waals surface area contributed by atoms with Crippen LogP contribution in [0.3, 0.4) is 0 Å². The van der Waals surface area contributed by atoms with Crippen LogP contribution in [0.25, 0.3) is 0 Å². The first-order chi connectivity index (χ1) is 12.8. The van der Waals surface area contributed by atoms with E-state index >= 15 is 0 Å². The van der Waals surface area contributed by atoms with Crippen molar-refractivity contribution in [2.45, 2.75) is 83.5 Å². The van der Waals surface area contributed by atoms with Crippen molar-refractivity contribution < 1.29 is 19.2 Å². The van der Waals surface area contributed by atoms with Crippen LogP contribution in [0.4, 0.5) is 0 Å². The van der Waals surface area contributed by atoms with Crippen molar-refractivity contribution in [2.24, 2.45) is 23.7 Å². The molecule has 3 aliphatic carbocycles. The molecule has 0 aromatic carbocycles. The number of aliphatic carboxylic acids is 1. The van der Waals surface area contributed by atoms with Crippen LogP contribution < -0.4 is 0 Å². The third-order valence-electron chi connectivity index (χ3n) is 6.97. The first-order valence-corrected chi connectivity index (χ1v) is 10.6. The predicted molar refractivity (Wildman–Crippen MR) is 101 cm³/mol. The Bertz CT molecular complexity index is 727. The molecule has 1 aromatic rings. The Kier molecular flexibility index (Phi) is 4.89. The second kappa shape index (κ2) is 7.06. The summed E-state index contributed by atoms with van der Waals surface area (Å²) in [7, 11) is 0. The molecule has 0 saturated heterocycles. The molecule has 0 bridgehead atoms. The number of carbonyl (C=O) groups is 2. The number of carboxylic acid groups (broad SMARTS) is 1. The van der Waals surface area contributed by atoms with Gasteiger partial charge >= 0.3 is 5.97 Å². The second-order valence-electron chi connectivity index (χ2n) is 9.61. The van der Waals surface area contributed by atoms with E-state index < -0.39 is 11.9 Å². The van der Waals surface area contributed by atoms with Gasteiger partial charge in [-0.1, -0.05) is 19.0 Å². The molecule has 0 aliphatic heterocycles. The summed E-state index contributed by atoms with van der Waals surface area (Å²) < 4.78 is 5.88. The summed E-state index contributed by atoms with van der Waals surface area (Å²) in [6, 6.07) is 0. The van der Waals surface area contributed by atoms with Crippen LogP contribution in [0.1, 0.15) is 100 Å². The monoisotopic (exact) mass is 373 g/mol. The molecule has 27 heavy (non-hydrogen) atoms. The highest BCUT2D eigenvalue weighted by Crippen LogP contribution is 2.54. The van der Waals surface area contributed by atoms with Gasteiger partial charge in [-0.3, -0.25) is 9.59 Å². The van der Waals surface area contributed by atoms with Gasteiger partial charge < -0.3 is 9.63 Å². The van der Waals surface area contributed by atoms with E-state index in [2.05, 4.69) is 19.0 Å². The van der Waals surface area contributed by atoms with Crippen LogP contribution in [0.5, 0.6) is 0 Å². The number of ketones is 1. The summed E-state index contributed by atoms with van der Waals surface area (Å²) in [5.74, 6) is 2.02. The lowest BCUT2D eigenvalue weighted by Gasteiger charge is -2.35. The fourth-order valence-electron chi connectivity index (χ4n) is 5.47. The van der Waals surface area contributed by atoms with Crippen molar-refractivity contribution >= 4 is 11.8 Å². The molecule has 0 unspecified atom stereocenters. The average molecular weight is 373 g/mol. The molecule has 3 atom stereocenters. The Hall–Kier alpha value is -1.65. The predicted octanol–water partition coefficient (Wildman–Crippen LogP) is 4.88. The summed E-state index contributed by atoms with van der Waals surface area (Å²) in [6.45, 7) is 6.13. The van der Waals surface area contributed by atoms with Gasteiger partial charge in [-0.05, 0) is 69.6 Å². The molecule has 3 saturated carbocycles. The van der Waals surface area contributed by atoms with Crippen LogP contribution in [0.2, 0.25) is 0 Å². The van der Waals surface area contributed by atoms with Gasteiger partial charge in [0.2, 0.25) is 0 Å². The third-order valence-corrected chi connectivity index (χ3v) is 6.97. The summed E-state index contributed by atoms with van der Waals surface area (Å²) in [6.07, 6.45) is 6.86. The van der Waals surface area contributed by atoms with E-state index in [1.54, 1.807) is 6.92 Å². The van der Waals surface area contributed by atoms with Gasteiger partial charge in [-0.2, -0.15) is 0 Å².